The van der Waals surface area contributed by atoms with Crippen LogP contribution in [-0.2, 0) is 0 Å². The minimum atomic E-state index is -0.169. The summed E-state index contributed by atoms with van der Waals surface area (Å²) in [6.45, 7) is 3.76. The third-order valence-electron chi connectivity index (χ3n) is 2.68. The molecule has 3 aromatic rings. The molecule has 0 aliphatic carbocycles. The van der Waals surface area contributed by atoms with E-state index in [9.17, 15) is 4.79 Å². The highest BCUT2D eigenvalue weighted by molar-refractivity contribution is 7.20. The first-order chi connectivity index (χ1) is 9.13. The Morgan fingerprint density at radius 3 is 3.11 bits per heavy atom. The number of aromatic nitrogens is 3. The number of nitrogens with zero attached hydrogens (tertiary/aromatic N) is 3. The second-order valence-corrected chi connectivity index (χ2v) is 5.17. The van der Waals surface area contributed by atoms with E-state index >= 15 is 0 Å². The Morgan fingerprint density at radius 1 is 1.53 bits per heavy atom. The Bertz CT molecular complexity index is 760. The summed E-state index contributed by atoms with van der Waals surface area (Å²) < 4.78 is 6.62. The normalized spacial score (nSPS) is 12.7. The first-order valence-electron chi connectivity index (χ1n) is 5.81. The molecule has 1 atom stereocenters. The van der Waals surface area contributed by atoms with E-state index in [0.29, 0.717) is 15.8 Å². The average Bonchev–Trinajstić information content (AvgIpc) is 2.96. The van der Waals surface area contributed by atoms with Crippen molar-refractivity contribution < 1.29 is 4.42 Å². The Balaban J connectivity index is 1.94. The maximum atomic E-state index is 11.7. The van der Waals surface area contributed by atoms with Crippen molar-refractivity contribution in [3.8, 4) is 0 Å². The lowest BCUT2D eigenvalue weighted by Crippen LogP contribution is -2.14. The summed E-state index contributed by atoms with van der Waals surface area (Å²) in [6, 6.07) is 5.17. The summed E-state index contributed by atoms with van der Waals surface area (Å²) in [5.74, 6) is 0.816. The van der Waals surface area contributed by atoms with Gasteiger partial charge in [0.15, 0.2) is 0 Å². The van der Waals surface area contributed by atoms with Crippen molar-refractivity contribution in [2.75, 3.05) is 5.32 Å². The lowest BCUT2D eigenvalue weighted by molar-refractivity contribution is 0.490. The fourth-order valence-corrected chi connectivity index (χ4v) is 2.71. The van der Waals surface area contributed by atoms with Gasteiger partial charge in [0.05, 0.1) is 12.3 Å². The number of hydrogen-bond acceptors (Lipinski definition) is 6. The van der Waals surface area contributed by atoms with Crippen LogP contribution in [-0.4, -0.2) is 14.6 Å². The number of aryl methyl sites for hydroxylation is 1. The highest BCUT2D eigenvalue weighted by Gasteiger charge is 2.12. The highest BCUT2D eigenvalue weighted by atomic mass is 32.1. The number of fused-ring (bicyclic) bond motifs is 1. The van der Waals surface area contributed by atoms with Crippen LogP contribution in [0, 0.1) is 6.92 Å². The number of furan rings is 1. The maximum Gasteiger partial charge on any atom is 0.275 e. The molecule has 7 heteroatoms. The maximum absolute atomic E-state index is 11.7. The van der Waals surface area contributed by atoms with Crippen molar-refractivity contribution in [1.29, 1.82) is 0 Å². The van der Waals surface area contributed by atoms with E-state index in [2.05, 4.69) is 15.4 Å². The molecule has 0 aromatic carbocycles. The smallest absolute Gasteiger partial charge is 0.275 e. The van der Waals surface area contributed by atoms with Gasteiger partial charge in [0.1, 0.15) is 5.76 Å². The Hall–Kier alpha value is -2.15. The van der Waals surface area contributed by atoms with Gasteiger partial charge >= 0.3 is 0 Å². The number of hydrogen-bond donors (Lipinski definition) is 1. The molecular weight excluding hydrogens is 264 g/mol. The standard InChI is InChI=1S/C12H12N4O2S/c1-7-6-10(17)16-12(13-7)19-11(15-16)14-8(2)9-4-3-5-18-9/h3-6,8H,1-2H3,(H,14,15). The van der Waals surface area contributed by atoms with E-state index in [0.717, 1.165) is 5.76 Å². The molecule has 0 saturated carbocycles. The third-order valence-corrected chi connectivity index (χ3v) is 3.52. The summed E-state index contributed by atoms with van der Waals surface area (Å²) in [5.41, 5.74) is 0.525. The van der Waals surface area contributed by atoms with Crippen molar-refractivity contribution in [1.82, 2.24) is 14.6 Å². The van der Waals surface area contributed by atoms with E-state index < -0.39 is 0 Å². The monoisotopic (exact) mass is 276 g/mol. The second-order valence-electron chi connectivity index (χ2n) is 4.22. The van der Waals surface area contributed by atoms with Gasteiger partial charge in [-0.25, -0.2) is 4.98 Å². The highest BCUT2D eigenvalue weighted by Crippen LogP contribution is 2.23. The average molecular weight is 276 g/mol. The van der Waals surface area contributed by atoms with Gasteiger partial charge in [0.25, 0.3) is 5.56 Å². The molecule has 19 heavy (non-hydrogen) atoms. The van der Waals surface area contributed by atoms with Crippen LogP contribution in [0.25, 0.3) is 4.96 Å². The van der Waals surface area contributed by atoms with Gasteiger partial charge < -0.3 is 9.73 Å². The largest absolute Gasteiger partial charge is 0.467 e. The lowest BCUT2D eigenvalue weighted by Gasteiger charge is -2.08. The molecule has 3 heterocycles. The summed E-state index contributed by atoms with van der Waals surface area (Å²) in [7, 11) is 0. The van der Waals surface area contributed by atoms with Crippen LogP contribution in [0.5, 0.6) is 0 Å². The van der Waals surface area contributed by atoms with Gasteiger partial charge in [-0.15, -0.1) is 5.10 Å². The number of nitrogens with one attached hydrogen (secondary N) is 1. The van der Waals surface area contributed by atoms with Gasteiger partial charge in [0.2, 0.25) is 10.1 Å². The van der Waals surface area contributed by atoms with Crippen molar-refractivity contribution in [2.45, 2.75) is 19.9 Å². The number of rotatable bonds is 3. The van der Waals surface area contributed by atoms with Crippen LogP contribution >= 0.6 is 11.3 Å². The van der Waals surface area contributed by atoms with Crippen molar-refractivity contribution >= 4 is 21.4 Å². The molecule has 0 fully saturated rings. The molecule has 0 amide bonds. The molecule has 0 radical (unpaired) electrons. The van der Waals surface area contributed by atoms with Crippen molar-refractivity contribution in [2.24, 2.45) is 0 Å². The second kappa shape index (κ2) is 4.51. The first-order valence-corrected chi connectivity index (χ1v) is 6.62. The zero-order chi connectivity index (χ0) is 13.4. The zero-order valence-corrected chi connectivity index (χ0v) is 11.3. The Morgan fingerprint density at radius 2 is 2.37 bits per heavy atom. The summed E-state index contributed by atoms with van der Waals surface area (Å²) in [4.78, 5) is 16.6. The zero-order valence-electron chi connectivity index (χ0n) is 10.5. The van der Waals surface area contributed by atoms with Gasteiger partial charge in [0, 0.05) is 11.8 Å². The van der Waals surface area contributed by atoms with Crippen LogP contribution in [0.3, 0.4) is 0 Å². The molecule has 1 unspecified atom stereocenters. The van der Waals surface area contributed by atoms with E-state index in [4.69, 9.17) is 4.42 Å². The fraction of sp³-hybridized carbons (Fsp3) is 0.250. The predicted octanol–water partition coefficient (Wildman–Crippen LogP) is 2.23. The van der Waals surface area contributed by atoms with Crippen LogP contribution in [0.15, 0.2) is 33.7 Å². The van der Waals surface area contributed by atoms with E-state index in [-0.39, 0.29) is 11.6 Å². The topological polar surface area (TPSA) is 72.4 Å². The molecule has 0 saturated heterocycles. The van der Waals surface area contributed by atoms with Crippen LogP contribution in [0.4, 0.5) is 5.13 Å². The lowest BCUT2D eigenvalue weighted by atomic mass is 10.3. The first kappa shape index (κ1) is 11.9. The van der Waals surface area contributed by atoms with Gasteiger partial charge in [-0.3, -0.25) is 4.79 Å². The molecule has 98 valence electrons. The molecule has 3 rings (SSSR count). The molecule has 0 bridgehead atoms. The summed E-state index contributed by atoms with van der Waals surface area (Å²) in [6.07, 6.45) is 1.63. The molecule has 0 spiro atoms. The minimum absolute atomic E-state index is 0.0210. The van der Waals surface area contributed by atoms with E-state index in [1.807, 2.05) is 19.1 Å². The van der Waals surface area contributed by atoms with Crippen molar-refractivity contribution in [3.63, 3.8) is 0 Å². The predicted molar refractivity (Wildman–Crippen MR) is 72.6 cm³/mol. The SMILES string of the molecule is Cc1cc(=O)n2nc(NC(C)c3ccco3)sc2n1. The molecule has 1 N–H and O–H groups in total. The van der Waals surface area contributed by atoms with Crippen LogP contribution in [0.2, 0.25) is 0 Å². The molecule has 0 aliphatic heterocycles. The summed E-state index contributed by atoms with van der Waals surface area (Å²) >= 11 is 1.34. The van der Waals surface area contributed by atoms with Crippen LogP contribution in [0.1, 0.15) is 24.4 Å². The Kier molecular flexibility index (Phi) is 2.83. The van der Waals surface area contributed by atoms with Gasteiger partial charge in [-0.2, -0.15) is 4.52 Å². The van der Waals surface area contributed by atoms with E-state index in [1.54, 1.807) is 13.2 Å². The summed E-state index contributed by atoms with van der Waals surface area (Å²) in [5, 5.41) is 8.04. The third kappa shape index (κ3) is 2.24. The van der Waals surface area contributed by atoms with E-state index in [1.165, 1.54) is 21.9 Å². The quantitative estimate of drug-likeness (QED) is 0.794. The Labute approximate surface area is 112 Å². The fourth-order valence-electron chi connectivity index (χ4n) is 1.77. The van der Waals surface area contributed by atoms with Gasteiger partial charge in [-0.05, 0) is 26.0 Å². The van der Waals surface area contributed by atoms with Crippen LogP contribution < -0.4 is 10.9 Å². The molecule has 3 aromatic heterocycles. The molecular formula is C12H12N4O2S. The molecule has 0 aliphatic rings. The van der Waals surface area contributed by atoms with Gasteiger partial charge in [-0.1, -0.05) is 11.3 Å². The molecule has 6 nitrogen and oxygen atoms in total. The number of anilines is 1. The van der Waals surface area contributed by atoms with Crippen molar-refractivity contribution in [3.05, 3.63) is 46.3 Å². The minimum Gasteiger partial charge on any atom is -0.467 e.